The number of fused-ring (bicyclic) bond motifs is 1. The molecule has 36 heavy (non-hydrogen) atoms. The third-order valence-electron chi connectivity index (χ3n) is 7.51. The SMILES string of the molecule is CS(=O)(=O)c1ccc([C@]23CC[C@@H](N(CCc4ccccn4)C(=O)Nc4ccc(F)c(Cl)c4)[C@H]2C3)cc1. The number of anilines is 1. The van der Waals surface area contributed by atoms with Crippen LogP contribution in [0.25, 0.3) is 0 Å². The highest BCUT2D eigenvalue weighted by Crippen LogP contribution is 2.65. The molecule has 2 aliphatic carbocycles. The highest BCUT2D eigenvalue weighted by atomic mass is 35.5. The van der Waals surface area contributed by atoms with Crippen molar-refractivity contribution < 1.29 is 17.6 Å². The van der Waals surface area contributed by atoms with Crippen molar-refractivity contribution in [1.82, 2.24) is 9.88 Å². The van der Waals surface area contributed by atoms with Crippen LogP contribution in [-0.4, -0.2) is 43.2 Å². The minimum atomic E-state index is -3.25. The van der Waals surface area contributed by atoms with Gasteiger partial charge in [0, 0.05) is 48.3 Å². The molecule has 0 unspecified atom stereocenters. The van der Waals surface area contributed by atoms with Gasteiger partial charge in [-0.05, 0) is 73.2 Å². The number of carbonyl (C=O) groups is 1. The van der Waals surface area contributed by atoms with Crippen LogP contribution in [0, 0.1) is 11.7 Å². The van der Waals surface area contributed by atoms with E-state index in [0.717, 1.165) is 30.5 Å². The molecule has 2 saturated carbocycles. The van der Waals surface area contributed by atoms with Gasteiger partial charge in [-0.3, -0.25) is 4.98 Å². The van der Waals surface area contributed by atoms with Crippen molar-refractivity contribution in [2.75, 3.05) is 18.1 Å². The summed E-state index contributed by atoms with van der Waals surface area (Å²) < 4.78 is 37.3. The normalized spacial score (nSPS) is 22.6. The van der Waals surface area contributed by atoms with Gasteiger partial charge < -0.3 is 10.2 Å². The molecule has 9 heteroatoms. The van der Waals surface area contributed by atoms with Crippen LogP contribution in [0.5, 0.6) is 0 Å². The molecule has 1 heterocycles. The number of sulfone groups is 1. The minimum Gasteiger partial charge on any atom is -0.321 e. The number of urea groups is 1. The van der Waals surface area contributed by atoms with Crippen LogP contribution >= 0.6 is 11.6 Å². The van der Waals surface area contributed by atoms with Crippen molar-refractivity contribution in [3.05, 3.63) is 89.0 Å². The molecule has 0 aliphatic heterocycles. The second kappa shape index (κ2) is 9.48. The van der Waals surface area contributed by atoms with Gasteiger partial charge in [0.1, 0.15) is 5.82 Å². The van der Waals surface area contributed by atoms with E-state index in [1.54, 1.807) is 18.3 Å². The van der Waals surface area contributed by atoms with Crippen molar-refractivity contribution in [2.45, 2.75) is 42.0 Å². The molecule has 5 rings (SSSR count). The average molecular weight is 528 g/mol. The highest BCUT2D eigenvalue weighted by molar-refractivity contribution is 7.90. The number of aromatic nitrogens is 1. The number of carbonyl (C=O) groups excluding carboxylic acids is 1. The second-order valence-electron chi connectivity index (χ2n) is 9.69. The molecule has 0 radical (unpaired) electrons. The number of hydrogen-bond acceptors (Lipinski definition) is 4. The Bertz CT molecular complexity index is 1390. The summed E-state index contributed by atoms with van der Waals surface area (Å²) >= 11 is 5.91. The van der Waals surface area contributed by atoms with Crippen molar-refractivity contribution >= 4 is 33.2 Å². The molecule has 2 amide bonds. The van der Waals surface area contributed by atoms with Gasteiger partial charge >= 0.3 is 6.03 Å². The van der Waals surface area contributed by atoms with E-state index in [4.69, 9.17) is 11.6 Å². The summed E-state index contributed by atoms with van der Waals surface area (Å²) in [5.74, 6) is -0.255. The topological polar surface area (TPSA) is 79.4 Å². The first-order valence-electron chi connectivity index (χ1n) is 11.9. The molecule has 0 spiro atoms. The van der Waals surface area contributed by atoms with E-state index in [1.807, 2.05) is 35.2 Å². The minimum absolute atomic E-state index is 0.0271. The third kappa shape index (κ3) is 4.84. The summed E-state index contributed by atoms with van der Waals surface area (Å²) in [5.41, 5.74) is 2.42. The van der Waals surface area contributed by atoms with Crippen LogP contribution in [0.1, 0.15) is 30.5 Å². The van der Waals surface area contributed by atoms with E-state index in [-0.39, 0.29) is 28.4 Å². The Morgan fingerprint density at radius 1 is 1.19 bits per heavy atom. The maximum atomic E-state index is 13.6. The number of benzene rings is 2. The number of rotatable bonds is 7. The lowest BCUT2D eigenvalue weighted by Crippen LogP contribution is -2.44. The van der Waals surface area contributed by atoms with Crippen LogP contribution in [-0.2, 0) is 21.7 Å². The quantitative estimate of drug-likeness (QED) is 0.441. The largest absolute Gasteiger partial charge is 0.322 e. The van der Waals surface area contributed by atoms with Crippen molar-refractivity contribution in [2.24, 2.45) is 5.92 Å². The zero-order chi connectivity index (χ0) is 25.5. The van der Waals surface area contributed by atoms with Gasteiger partial charge in [0.2, 0.25) is 0 Å². The van der Waals surface area contributed by atoms with Gasteiger partial charge in [-0.25, -0.2) is 17.6 Å². The predicted octanol–water partition coefficient (Wildman–Crippen LogP) is 5.47. The fourth-order valence-corrected chi connectivity index (χ4v) is 6.39. The first-order valence-corrected chi connectivity index (χ1v) is 14.2. The maximum Gasteiger partial charge on any atom is 0.322 e. The second-order valence-corrected chi connectivity index (χ2v) is 12.1. The Labute approximate surface area is 215 Å². The number of nitrogens with zero attached hydrogens (tertiary/aromatic N) is 2. The number of amides is 2. The number of nitrogens with one attached hydrogen (secondary N) is 1. The van der Waals surface area contributed by atoms with Crippen LogP contribution in [0.4, 0.5) is 14.9 Å². The molecule has 1 aromatic heterocycles. The first-order chi connectivity index (χ1) is 17.2. The monoisotopic (exact) mass is 527 g/mol. The smallest absolute Gasteiger partial charge is 0.321 e. The van der Waals surface area contributed by atoms with E-state index >= 15 is 0 Å². The Morgan fingerprint density at radius 3 is 2.61 bits per heavy atom. The molecule has 1 N–H and O–H groups in total. The molecule has 6 nitrogen and oxygen atoms in total. The summed E-state index contributed by atoms with van der Waals surface area (Å²) in [6.07, 6.45) is 6.28. The fraction of sp³-hybridized carbons (Fsp3) is 0.333. The Hall–Kier alpha value is -2.97. The number of halogens is 2. The van der Waals surface area contributed by atoms with Crippen LogP contribution in [0.2, 0.25) is 5.02 Å². The van der Waals surface area contributed by atoms with E-state index < -0.39 is 15.7 Å². The molecule has 3 atom stereocenters. The zero-order valence-electron chi connectivity index (χ0n) is 19.8. The fourth-order valence-electron chi connectivity index (χ4n) is 5.58. The van der Waals surface area contributed by atoms with Gasteiger partial charge in [-0.15, -0.1) is 0 Å². The van der Waals surface area contributed by atoms with E-state index in [9.17, 15) is 17.6 Å². The lowest BCUT2D eigenvalue weighted by atomic mass is 9.93. The summed E-state index contributed by atoms with van der Waals surface area (Å²) in [6, 6.07) is 16.8. The summed E-state index contributed by atoms with van der Waals surface area (Å²) in [7, 11) is -3.25. The van der Waals surface area contributed by atoms with Crippen LogP contribution < -0.4 is 5.32 Å². The molecule has 2 aliphatic rings. The Morgan fingerprint density at radius 2 is 1.97 bits per heavy atom. The highest BCUT2D eigenvalue weighted by Gasteiger charge is 2.64. The summed E-state index contributed by atoms with van der Waals surface area (Å²) in [6.45, 7) is 0.488. The maximum absolute atomic E-state index is 13.6. The average Bonchev–Trinajstić information content (AvgIpc) is 3.48. The van der Waals surface area contributed by atoms with Gasteiger partial charge in [0.25, 0.3) is 0 Å². The molecule has 2 aromatic carbocycles. The van der Waals surface area contributed by atoms with Crippen molar-refractivity contribution in [3.8, 4) is 0 Å². The van der Waals surface area contributed by atoms with Gasteiger partial charge in [0.05, 0.1) is 9.92 Å². The molecule has 188 valence electrons. The van der Waals surface area contributed by atoms with Gasteiger partial charge in [-0.2, -0.15) is 0 Å². The van der Waals surface area contributed by atoms with E-state index in [0.29, 0.717) is 23.5 Å². The predicted molar refractivity (Wildman–Crippen MR) is 137 cm³/mol. The lowest BCUT2D eigenvalue weighted by molar-refractivity contribution is 0.181. The Kier molecular flexibility index (Phi) is 6.51. The van der Waals surface area contributed by atoms with Gasteiger partial charge in [0.15, 0.2) is 9.84 Å². The van der Waals surface area contributed by atoms with Crippen LogP contribution in [0.3, 0.4) is 0 Å². The standard InChI is InChI=1S/C27H27ClFN3O3S/c1-36(34,35)21-8-5-18(6-9-21)27-13-11-25(22(27)17-27)32(15-12-19-4-2-3-14-30-19)26(33)31-20-7-10-24(29)23(28)16-20/h2-10,14,16,22,25H,11-13,15,17H2,1H3,(H,31,33)/t22-,25-,27-/m1/s1. The summed E-state index contributed by atoms with van der Waals surface area (Å²) in [4.78, 5) is 20.0. The number of pyridine rings is 1. The molecular weight excluding hydrogens is 501 g/mol. The summed E-state index contributed by atoms with van der Waals surface area (Å²) in [5, 5.41) is 2.84. The van der Waals surface area contributed by atoms with Gasteiger partial charge in [-0.1, -0.05) is 29.8 Å². The van der Waals surface area contributed by atoms with Crippen molar-refractivity contribution in [3.63, 3.8) is 0 Å². The molecule has 2 fully saturated rings. The molecule has 0 bridgehead atoms. The van der Waals surface area contributed by atoms with Crippen molar-refractivity contribution in [1.29, 1.82) is 0 Å². The molecule has 0 saturated heterocycles. The molecular formula is C27H27ClFN3O3S. The number of hydrogen-bond donors (Lipinski definition) is 1. The van der Waals surface area contributed by atoms with E-state index in [1.165, 1.54) is 24.5 Å². The first kappa shape index (κ1) is 24.7. The zero-order valence-corrected chi connectivity index (χ0v) is 21.4. The third-order valence-corrected chi connectivity index (χ3v) is 8.93. The Balaban J connectivity index is 1.36. The van der Waals surface area contributed by atoms with E-state index in [2.05, 4.69) is 10.3 Å². The molecule has 3 aromatic rings. The lowest BCUT2D eigenvalue weighted by Gasteiger charge is -2.30. The van der Waals surface area contributed by atoms with Crippen LogP contribution in [0.15, 0.2) is 71.8 Å².